The number of benzene rings is 1. The molecule has 0 N–H and O–H groups in total. The van der Waals surface area contributed by atoms with Crippen molar-refractivity contribution < 1.29 is 0 Å². The second kappa shape index (κ2) is 5.05. The molecule has 0 aliphatic rings. The fraction of sp³-hybridized carbons (Fsp3) is 0. The van der Waals surface area contributed by atoms with Gasteiger partial charge in [-0.25, -0.2) is 4.98 Å². The van der Waals surface area contributed by atoms with Crippen molar-refractivity contribution in [3.8, 4) is 6.07 Å². The van der Waals surface area contributed by atoms with Crippen LogP contribution in [0.3, 0.4) is 0 Å². The molecule has 0 saturated carbocycles. The van der Waals surface area contributed by atoms with Crippen LogP contribution < -0.4 is 0 Å². The predicted octanol–water partition coefficient (Wildman–Crippen LogP) is 4.34. The van der Waals surface area contributed by atoms with Gasteiger partial charge >= 0.3 is 0 Å². The number of rotatable bonds is 2. The molecule has 0 fully saturated rings. The summed E-state index contributed by atoms with van der Waals surface area (Å²) in [5.74, 6) is 0. The lowest BCUT2D eigenvalue weighted by Crippen LogP contribution is -1.89. The predicted molar refractivity (Wildman–Crippen MR) is 79.7 cm³/mol. The zero-order valence-electron chi connectivity index (χ0n) is 10.1. The monoisotopic (exact) mass is 262 g/mol. The van der Waals surface area contributed by atoms with Crippen LogP contribution in [0.5, 0.6) is 0 Å². The van der Waals surface area contributed by atoms with Gasteiger partial charge in [0.1, 0.15) is 6.07 Å². The molecule has 0 spiro atoms. The zero-order valence-corrected chi connectivity index (χ0v) is 10.9. The van der Waals surface area contributed by atoms with E-state index in [1.165, 1.54) is 0 Å². The van der Waals surface area contributed by atoms with E-state index in [1.807, 2.05) is 60.0 Å². The van der Waals surface area contributed by atoms with Gasteiger partial charge in [-0.3, -0.25) is 0 Å². The summed E-state index contributed by atoms with van der Waals surface area (Å²) in [6.45, 7) is 0. The number of hydrogen-bond acceptors (Lipinski definition) is 3. The van der Waals surface area contributed by atoms with Crippen LogP contribution in [-0.2, 0) is 0 Å². The number of nitrogens with zero attached hydrogens (tertiary/aromatic N) is 2. The smallest absolute Gasteiger partial charge is 0.101 e. The Bertz CT molecular complexity index is 780. The van der Waals surface area contributed by atoms with Gasteiger partial charge in [0.15, 0.2) is 0 Å². The lowest BCUT2D eigenvalue weighted by Gasteiger charge is -2.01. The minimum absolute atomic E-state index is 0.603. The van der Waals surface area contributed by atoms with Crippen molar-refractivity contribution in [3.63, 3.8) is 0 Å². The third kappa shape index (κ3) is 2.40. The second-order valence-electron chi connectivity index (χ2n) is 4.07. The molecule has 0 unspecified atom stereocenters. The van der Waals surface area contributed by atoms with Crippen LogP contribution in [-0.4, -0.2) is 4.98 Å². The van der Waals surface area contributed by atoms with E-state index in [4.69, 9.17) is 0 Å². The van der Waals surface area contributed by atoms with Crippen molar-refractivity contribution >= 4 is 34.4 Å². The van der Waals surface area contributed by atoms with E-state index in [2.05, 4.69) is 11.1 Å². The second-order valence-corrected chi connectivity index (χ2v) is 5.05. The molecule has 2 heterocycles. The molecular weight excluding hydrogens is 252 g/mol. The first-order valence-electron chi connectivity index (χ1n) is 5.88. The fourth-order valence-electron chi connectivity index (χ4n) is 1.89. The SMILES string of the molecule is N#Cc1cc2ccccc2nc1/C=C/c1cccs1. The van der Waals surface area contributed by atoms with Gasteiger partial charge < -0.3 is 0 Å². The normalized spacial score (nSPS) is 10.9. The van der Waals surface area contributed by atoms with Gasteiger partial charge in [0.05, 0.1) is 16.8 Å². The van der Waals surface area contributed by atoms with Crippen LogP contribution in [0, 0.1) is 11.3 Å². The highest BCUT2D eigenvalue weighted by molar-refractivity contribution is 7.10. The molecule has 0 saturated heterocycles. The molecule has 19 heavy (non-hydrogen) atoms. The van der Waals surface area contributed by atoms with Crippen LogP contribution in [0.15, 0.2) is 47.8 Å². The fourth-order valence-corrected chi connectivity index (χ4v) is 2.51. The molecule has 0 aliphatic heterocycles. The van der Waals surface area contributed by atoms with Crippen LogP contribution >= 0.6 is 11.3 Å². The molecule has 0 bridgehead atoms. The van der Waals surface area contributed by atoms with Crippen molar-refractivity contribution in [1.29, 1.82) is 5.26 Å². The Kier molecular flexibility index (Phi) is 3.09. The summed E-state index contributed by atoms with van der Waals surface area (Å²) in [7, 11) is 0. The topological polar surface area (TPSA) is 36.7 Å². The van der Waals surface area contributed by atoms with E-state index in [0.29, 0.717) is 5.56 Å². The first-order chi connectivity index (χ1) is 9.36. The first kappa shape index (κ1) is 11.6. The molecule has 0 radical (unpaired) electrons. The molecule has 90 valence electrons. The zero-order chi connectivity index (χ0) is 13.1. The van der Waals surface area contributed by atoms with Crippen molar-refractivity contribution in [3.05, 3.63) is 64.0 Å². The minimum atomic E-state index is 0.603. The van der Waals surface area contributed by atoms with E-state index < -0.39 is 0 Å². The van der Waals surface area contributed by atoms with E-state index in [0.717, 1.165) is 21.5 Å². The van der Waals surface area contributed by atoms with Gasteiger partial charge in [-0.15, -0.1) is 11.3 Å². The highest BCUT2D eigenvalue weighted by atomic mass is 32.1. The standard InChI is InChI=1S/C16H10N2S/c17-11-13-10-12-4-1-2-6-15(12)18-16(13)8-7-14-5-3-9-19-14/h1-10H/b8-7+. The molecule has 3 rings (SSSR count). The van der Waals surface area contributed by atoms with Gasteiger partial charge in [-0.2, -0.15) is 5.26 Å². The van der Waals surface area contributed by atoms with Crippen molar-refractivity contribution in [2.45, 2.75) is 0 Å². The molecule has 1 aromatic carbocycles. The Balaban J connectivity index is 2.09. The van der Waals surface area contributed by atoms with Crippen LogP contribution in [0.2, 0.25) is 0 Å². The molecule has 3 aromatic rings. The Hall–Kier alpha value is -2.44. The third-order valence-corrected chi connectivity index (χ3v) is 3.66. The third-order valence-electron chi connectivity index (χ3n) is 2.82. The maximum atomic E-state index is 9.21. The average Bonchev–Trinajstić information content (AvgIpc) is 2.97. The largest absolute Gasteiger partial charge is 0.247 e. The van der Waals surface area contributed by atoms with Crippen LogP contribution in [0.1, 0.15) is 16.1 Å². The Labute approximate surface area is 115 Å². The van der Waals surface area contributed by atoms with Gasteiger partial charge in [0, 0.05) is 10.3 Å². The summed E-state index contributed by atoms with van der Waals surface area (Å²) in [6.07, 6.45) is 3.89. The lowest BCUT2D eigenvalue weighted by atomic mass is 10.1. The Morgan fingerprint density at radius 1 is 1.11 bits per heavy atom. The number of pyridine rings is 1. The van der Waals surface area contributed by atoms with Crippen molar-refractivity contribution in [1.82, 2.24) is 4.98 Å². The summed E-state index contributed by atoms with van der Waals surface area (Å²) in [5, 5.41) is 12.2. The molecule has 0 aliphatic carbocycles. The van der Waals surface area contributed by atoms with Gasteiger partial charge in [-0.05, 0) is 35.7 Å². The number of nitriles is 1. The molecule has 0 atom stereocenters. The molecule has 2 aromatic heterocycles. The average molecular weight is 262 g/mol. The first-order valence-corrected chi connectivity index (χ1v) is 6.76. The quantitative estimate of drug-likeness (QED) is 0.689. The highest BCUT2D eigenvalue weighted by Gasteiger charge is 2.03. The molecule has 3 heteroatoms. The maximum Gasteiger partial charge on any atom is 0.101 e. The van der Waals surface area contributed by atoms with E-state index >= 15 is 0 Å². The number of thiophene rings is 1. The number of hydrogen-bond donors (Lipinski definition) is 0. The van der Waals surface area contributed by atoms with E-state index in [1.54, 1.807) is 11.3 Å². The van der Waals surface area contributed by atoms with Gasteiger partial charge in [0.25, 0.3) is 0 Å². The van der Waals surface area contributed by atoms with Crippen molar-refractivity contribution in [2.75, 3.05) is 0 Å². The van der Waals surface area contributed by atoms with Crippen LogP contribution in [0.4, 0.5) is 0 Å². The summed E-state index contributed by atoms with van der Waals surface area (Å²) in [6, 6.07) is 16.0. The molecule has 2 nitrogen and oxygen atoms in total. The van der Waals surface area contributed by atoms with E-state index in [-0.39, 0.29) is 0 Å². The molecule has 0 amide bonds. The van der Waals surface area contributed by atoms with E-state index in [9.17, 15) is 5.26 Å². The minimum Gasteiger partial charge on any atom is -0.247 e. The van der Waals surface area contributed by atoms with Gasteiger partial charge in [0.2, 0.25) is 0 Å². The summed E-state index contributed by atoms with van der Waals surface area (Å²) < 4.78 is 0. The maximum absolute atomic E-state index is 9.21. The Morgan fingerprint density at radius 3 is 2.79 bits per heavy atom. The number of para-hydroxylation sites is 1. The number of aromatic nitrogens is 1. The number of fused-ring (bicyclic) bond motifs is 1. The van der Waals surface area contributed by atoms with Crippen molar-refractivity contribution in [2.24, 2.45) is 0 Å². The molecular formula is C16H10N2S. The Morgan fingerprint density at radius 2 is 2.00 bits per heavy atom. The highest BCUT2D eigenvalue weighted by Crippen LogP contribution is 2.19. The van der Waals surface area contributed by atoms with Crippen LogP contribution in [0.25, 0.3) is 23.1 Å². The van der Waals surface area contributed by atoms with Gasteiger partial charge in [-0.1, -0.05) is 24.3 Å². The summed E-state index contributed by atoms with van der Waals surface area (Å²) in [5.41, 5.74) is 2.23. The summed E-state index contributed by atoms with van der Waals surface area (Å²) >= 11 is 1.66. The lowest BCUT2D eigenvalue weighted by molar-refractivity contribution is 1.34. The summed E-state index contributed by atoms with van der Waals surface area (Å²) in [4.78, 5) is 5.69.